The highest BCUT2D eigenvalue weighted by Gasteiger charge is 2.29. The van der Waals surface area contributed by atoms with Gasteiger partial charge < -0.3 is 5.32 Å². The average Bonchev–Trinajstić information content (AvgIpc) is 2.72. The zero-order valence-electron chi connectivity index (χ0n) is 8.21. The van der Waals surface area contributed by atoms with E-state index in [1.807, 2.05) is 0 Å². The van der Waals surface area contributed by atoms with Gasteiger partial charge in [-0.25, -0.2) is 4.79 Å². The van der Waals surface area contributed by atoms with Crippen LogP contribution in [0.3, 0.4) is 0 Å². The fraction of sp³-hybridized carbons (Fsp3) is 0.800. The molecular formula is C10H16N2O2. The lowest BCUT2D eigenvalue weighted by Crippen LogP contribution is -2.29. The van der Waals surface area contributed by atoms with E-state index in [-0.39, 0.29) is 18.0 Å². The van der Waals surface area contributed by atoms with Gasteiger partial charge in [-0.3, -0.25) is 10.1 Å². The molecule has 0 aromatic carbocycles. The second-order valence-electron chi connectivity index (χ2n) is 4.24. The summed E-state index contributed by atoms with van der Waals surface area (Å²) in [6.45, 7) is 0. The number of carbonyl (C=O) groups excluding carboxylic acids is 2. The van der Waals surface area contributed by atoms with Crippen LogP contribution in [0.4, 0.5) is 4.79 Å². The predicted molar refractivity (Wildman–Crippen MR) is 51.7 cm³/mol. The number of urea groups is 1. The lowest BCUT2D eigenvalue weighted by molar-refractivity contribution is -0.120. The van der Waals surface area contributed by atoms with Crippen molar-refractivity contribution in [3.63, 3.8) is 0 Å². The van der Waals surface area contributed by atoms with Crippen LogP contribution in [0.15, 0.2) is 0 Å². The maximum Gasteiger partial charge on any atom is 0.322 e. The van der Waals surface area contributed by atoms with Crippen molar-refractivity contribution < 1.29 is 9.59 Å². The molecule has 4 nitrogen and oxygen atoms in total. The number of amides is 3. The highest BCUT2D eigenvalue weighted by Crippen LogP contribution is 2.29. The first-order valence-corrected chi connectivity index (χ1v) is 5.37. The van der Waals surface area contributed by atoms with E-state index in [4.69, 9.17) is 0 Å². The first-order chi connectivity index (χ1) is 6.75. The molecule has 0 aromatic heterocycles. The van der Waals surface area contributed by atoms with E-state index in [2.05, 4.69) is 10.6 Å². The van der Waals surface area contributed by atoms with Crippen molar-refractivity contribution >= 4 is 11.9 Å². The van der Waals surface area contributed by atoms with Gasteiger partial charge >= 0.3 is 6.03 Å². The van der Waals surface area contributed by atoms with Gasteiger partial charge in [0.2, 0.25) is 0 Å². The first kappa shape index (κ1) is 9.49. The number of nitrogens with one attached hydrogen (secondary N) is 2. The molecule has 2 rings (SSSR count). The van der Waals surface area contributed by atoms with E-state index in [1.165, 1.54) is 25.7 Å². The van der Waals surface area contributed by atoms with Crippen LogP contribution < -0.4 is 10.6 Å². The van der Waals surface area contributed by atoms with Crippen molar-refractivity contribution in [1.29, 1.82) is 0 Å². The molecule has 78 valence electrons. The SMILES string of the molecule is O=C1NC(=O)C(CCC2CCCC2)N1. The largest absolute Gasteiger partial charge is 0.326 e. The first-order valence-electron chi connectivity index (χ1n) is 5.37. The molecule has 1 unspecified atom stereocenters. The Bertz CT molecular complexity index is 247. The van der Waals surface area contributed by atoms with Crippen molar-refractivity contribution in [2.24, 2.45) is 5.92 Å². The molecule has 1 heterocycles. The van der Waals surface area contributed by atoms with Gasteiger partial charge in [0.05, 0.1) is 0 Å². The lowest BCUT2D eigenvalue weighted by Gasteiger charge is -2.11. The Morgan fingerprint density at radius 3 is 2.43 bits per heavy atom. The van der Waals surface area contributed by atoms with E-state index in [1.54, 1.807) is 0 Å². The fourth-order valence-corrected chi connectivity index (χ4v) is 2.36. The van der Waals surface area contributed by atoms with Crippen LogP contribution in [0.1, 0.15) is 38.5 Å². The molecule has 2 N–H and O–H groups in total. The molecule has 1 saturated carbocycles. The Morgan fingerprint density at radius 1 is 1.14 bits per heavy atom. The molecule has 1 atom stereocenters. The number of rotatable bonds is 3. The van der Waals surface area contributed by atoms with Gasteiger partial charge in [0.1, 0.15) is 6.04 Å². The molecule has 3 amide bonds. The number of hydrogen-bond donors (Lipinski definition) is 2. The summed E-state index contributed by atoms with van der Waals surface area (Å²) in [6.07, 6.45) is 7.10. The minimum absolute atomic E-state index is 0.159. The minimum atomic E-state index is -0.341. The van der Waals surface area contributed by atoms with Crippen LogP contribution in [-0.2, 0) is 4.79 Å². The monoisotopic (exact) mass is 196 g/mol. The normalized spacial score (nSPS) is 27.9. The van der Waals surface area contributed by atoms with E-state index in [0.717, 1.165) is 18.8 Å². The van der Waals surface area contributed by atoms with Crippen LogP contribution in [0.5, 0.6) is 0 Å². The molecule has 2 fully saturated rings. The molecule has 0 bridgehead atoms. The summed E-state index contributed by atoms with van der Waals surface area (Å²) in [5, 5.41) is 4.88. The zero-order chi connectivity index (χ0) is 9.97. The third-order valence-electron chi connectivity index (χ3n) is 3.20. The molecule has 14 heavy (non-hydrogen) atoms. The van der Waals surface area contributed by atoms with Crippen LogP contribution in [-0.4, -0.2) is 18.0 Å². The Morgan fingerprint density at radius 2 is 1.86 bits per heavy atom. The smallest absolute Gasteiger partial charge is 0.322 e. The molecule has 4 heteroatoms. The van der Waals surface area contributed by atoms with Gasteiger partial charge in [-0.2, -0.15) is 0 Å². The summed E-state index contributed by atoms with van der Waals surface area (Å²) in [7, 11) is 0. The molecule has 1 saturated heterocycles. The molecule has 2 aliphatic rings. The molecule has 0 aromatic rings. The maximum atomic E-state index is 11.2. The quantitative estimate of drug-likeness (QED) is 0.665. The van der Waals surface area contributed by atoms with E-state index >= 15 is 0 Å². The van der Waals surface area contributed by atoms with Gasteiger partial charge in [0.25, 0.3) is 5.91 Å². The third kappa shape index (κ3) is 2.05. The zero-order valence-corrected chi connectivity index (χ0v) is 8.21. The summed E-state index contributed by atoms with van der Waals surface area (Å²) in [5.74, 6) is 0.619. The Kier molecular flexibility index (Phi) is 2.70. The van der Waals surface area contributed by atoms with Crippen molar-refractivity contribution in [3.05, 3.63) is 0 Å². The third-order valence-corrected chi connectivity index (χ3v) is 3.20. The molecular weight excluding hydrogens is 180 g/mol. The van der Waals surface area contributed by atoms with Gasteiger partial charge in [0.15, 0.2) is 0 Å². The summed E-state index contributed by atoms with van der Waals surface area (Å²) >= 11 is 0. The number of imide groups is 1. The van der Waals surface area contributed by atoms with Gasteiger partial charge in [0, 0.05) is 0 Å². The van der Waals surface area contributed by atoms with Crippen molar-refractivity contribution in [3.8, 4) is 0 Å². The van der Waals surface area contributed by atoms with Crippen LogP contribution in [0, 0.1) is 5.92 Å². The van der Waals surface area contributed by atoms with Gasteiger partial charge in [-0.15, -0.1) is 0 Å². The Hall–Kier alpha value is -1.06. The fourth-order valence-electron chi connectivity index (χ4n) is 2.36. The van der Waals surface area contributed by atoms with Crippen LogP contribution in [0.2, 0.25) is 0 Å². The summed E-state index contributed by atoms with van der Waals surface area (Å²) in [4.78, 5) is 22.0. The van der Waals surface area contributed by atoms with Gasteiger partial charge in [-0.1, -0.05) is 25.7 Å². The van der Waals surface area contributed by atoms with Crippen molar-refractivity contribution in [1.82, 2.24) is 10.6 Å². The highest BCUT2D eigenvalue weighted by molar-refractivity contribution is 6.04. The predicted octanol–water partition coefficient (Wildman–Crippen LogP) is 1.16. The molecule has 0 spiro atoms. The van der Waals surface area contributed by atoms with Crippen LogP contribution in [0.25, 0.3) is 0 Å². The maximum absolute atomic E-state index is 11.2. The van der Waals surface area contributed by atoms with Gasteiger partial charge in [-0.05, 0) is 18.8 Å². The van der Waals surface area contributed by atoms with Crippen molar-refractivity contribution in [2.45, 2.75) is 44.6 Å². The molecule has 0 radical (unpaired) electrons. The standard InChI is InChI=1S/C10H16N2O2/c13-9-8(11-10(14)12-9)6-5-7-3-1-2-4-7/h7-8H,1-6H2,(H2,11,12,13,14). The van der Waals surface area contributed by atoms with E-state index < -0.39 is 0 Å². The number of hydrogen-bond acceptors (Lipinski definition) is 2. The second kappa shape index (κ2) is 3.98. The highest BCUT2D eigenvalue weighted by atomic mass is 16.2. The number of carbonyl (C=O) groups is 2. The lowest BCUT2D eigenvalue weighted by atomic mass is 9.99. The summed E-state index contributed by atoms with van der Waals surface area (Å²) < 4.78 is 0. The van der Waals surface area contributed by atoms with E-state index in [0.29, 0.717) is 0 Å². The second-order valence-corrected chi connectivity index (χ2v) is 4.24. The summed E-state index contributed by atoms with van der Waals surface area (Å²) in [6, 6.07) is -0.616. The Labute approximate surface area is 83.4 Å². The molecule has 1 aliphatic heterocycles. The Balaban J connectivity index is 1.74. The summed E-state index contributed by atoms with van der Waals surface area (Å²) in [5.41, 5.74) is 0. The minimum Gasteiger partial charge on any atom is -0.326 e. The topological polar surface area (TPSA) is 58.2 Å². The molecule has 1 aliphatic carbocycles. The van der Waals surface area contributed by atoms with Crippen molar-refractivity contribution in [2.75, 3.05) is 0 Å². The van der Waals surface area contributed by atoms with E-state index in [9.17, 15) is 9.59 Å². The van der Waals surface area contributed by atoms with Crippen LogP contribution >= 0.6 is 0 Å². The average molecular weight is 196 g/mol.